The lowest BCUT2D eigenvalue weighted by Crippen LogP contribution is -2.43. The number of hydrogen-bond donors (Lipinski definition) is 6. The van der Waals surface area contributed by atoms with Crippen molar-refractivity contribution in [3.63, 3.8) is 0 Å². The zero-order valence-corrected chi connectivity index (χ0v) is 17.9. The number of carbonyl (C=O) groups is 2. The Morgan fingerprint density at radius 2 is 1.52 bits per heavy atom. The van der Waals surface area contributed by atoms with Crippen molar-refractivity contribution in [2.45, 2.75) is 12.5 Å². The Labute approximate surface area is 171 Å². The van der Waals surface area contributed by atoms with Crippen LogP contribution >= 0.6 is 21.6 Å². The summed E-state index contributed by atoms with van der Waals surface area (Å²) in [5.41, 5.74) is 10.7. The number of nitrogens with one attached hydrogen (secondary N) is 4. The zero-order valence-electron chi connectivity index (χ0n) is 16.3. The van der Waals surface area contributed by atoms with Crippen molar-refractivity contribution in [1.29, 1.82) is 0 Å². The third-order valence-corrected chi connectivity index (χ3v) is 4.40. The number of ether oxygens (including phenoxy) is 1. The highest BCUT2D eigenvalue weighted by Gasteiger charge is 2.11. The molecule has 160 valence electrons. The molecule has 0 fully saturated rings. The van der Waals surface area contributed by atoms with E-state index in [1.807, 2.05) is 6.26 Å². The summed E-state index contributed by atoms with van der Waals surface area (Å²) >= 11 is 0. The topological polar surface area (TPSA) is 144 Å². The molecule has 0 atom stereocenters. The van der Waals surface area contributed by atoms with Crippen molar-refractivity contribution in [3.05, 3.63) is 26.3 Å². The third kappa shape index (κ3) is 24.9. The van der Waals surface area contributed by atoms with E-state index in [2.05, 4.69) is 47.6 Å². The van der Waals surface area contributed by atoms with E-state index in [1.165, 1.54) is 0 Å². The summed E-state index contributed by atoms with van der Waals surface area (Å²) in [6, 6.07) is 0. The van der Waals surface area contributed by atoms with E-state index in [9.17, 15) is 9.59 Å². The van der Waals surface area contributed by atoms with Gasteiger partial charge in [0.2, 0.25) is 11.8 Å². The van der Waals surface area contributed by atoms with Crippen LogP contribution in [0.3, 0.4) is 0 Å². The van der Waals surface area contributed by atoms with Gasteiger partial charge in [-0.3, -0.25) is 9.59 Å². The molecule has 0 heterocycles. The van der Waals surface area contributed by atoms with Crippen LogP contribution in [0.15, 0.2) is 26.3 Å². The van der Waals surface area contributed by atoms with Crippen LogP contribution in [-0.2, 0) is 14.3 Å². The molecule has 27 heavy (non-hydrogen) atoms. The maximum absolute atomic E-state index is 11.7. The summed E-state index contributed by atoms with van der Waals surface area (Å²) in [4.78, 5) is 23.1. The molecule has 0 bridgehead atoms. The van der Waals surface area contributed by atoms with Crippen molar-refractivity contribution >= 4 is 33.4 Å². The fourth-order valence-electron chi connectivity index (χ4n) is 1.47. The Hall–Kier alpha value is -1.08. The predicted octanol–water partition coefficient (Wildman–Crippen LogP) is -0.421. The van der Waals surface area contributed by atoms with Gasteiger partial charge in [0.15, 0.2) is 0 Å². The fourth-order valence-corrected chi connectivity index (χ4v) is 2.66. The van der Waals surface area contributed by atoms with Gasteiger partial charge >= 0.3 is 0 Å². The summed E-state index contributed by atoms with van der Waals surface area (Å²) in [6.45, 7) is 13.7. The van der Waals surface area contributed by atoms with E-state index >= 15 is 0 Å². The Morgan fingerprint density at radius 3 is 2.00 bits per heavy atom. The number of hydrogen-bond acceptors (Lipinski definition) is 9. The van der Waals surface area contributed by atoms with Crippen LogP contribution in [-0.4, -0.2) is 69.6 Å². The van der Waals surface area contributed by atoms with E-state index in [-0.39, 0.29) is 31.2 Å². The number of carbonyl (C=O) groups excluding carboxylic acids is 2. The first-order valence-corrected chi connectivity index (χ1v) is 11.0. The summed E-state index contributed by atoms with van der Waals surface area (Å²) in [5.74, 6) is 0.354. The lowest BCUT2D eigenvalue weighted by atomic mass is 10.3. The van der Waals surface area contributed by atoms with Crippen LogP contribution in [0.25, 0.3) is 0 Å². The minimum Gasteiger partial charge on any atom is -0.366 e. The molecule has 2 amide bonds. The monoisotopic (exact) mass is 424 g/mol. The lowest BCUT2D eigenvalue weighted by Gasteiger charge is -2.18. The molecule has 0 aromatic heterocycles. The van der Waals surface area contributed by atoms with Crippen LogP contribution in [0.1, 0.15) is 6.42 Å². The SMILES string of the molecule is C=C.C=C.CSSCCC(=O)NCNC(=O)COC(CNCN)CNCN. The number of amides is 2. The largest absolute Gasteiger partial charge is 0.366 e. The fraction of sp³-hybridized carbons (Fsp3) is 0.625. The number of rotatable bonds is 15. The Bertz CT molecular complexity index is 344. The minimum atomic E-state index is -0.297. The smallest absolute Gasteiger partial charge is 0.247 e. The molecule has 9 nitrogen and oxygen atoms in total. The molecule has 0 spiro atoms. The van der Waals surface area contributed by atoms with Gasteiger partial charge in [-0.05, 0) is 6.26 Å². The van der Waals surface area contributed by atoms with Gasteiger partial charge in [0.1, 0.15) is 6.61 Å². The summed E-state index contributed by atoms with van der Waals surface area (Å²) in [7, 11) is 3.24. The van der Waals surface area contributed by atoms with Crippen molar-refractivity contribution in [2.75, 3.05) is 51.7 Å². The van der Waals surface area contributed by atoms with E-state index in [1.54, 1.807) is 21.6 Å². The van der Waals surface area contributed by atoms with Gasteiger partial charge in [-0.2, -0.15) is 0 Å². The standard InChI is InChI=1S/C12H28N6O3S2.2C2H4/c1-22-23-3-2-11(19)17-9-18-12(20)6-21-10(4-15-7-13)5-16-8-14;2*1-2/h10,15-16H,2-9,13-14H2,1H3,(H,17,19)(H,18,20);2*1-2H2. The molecule has 0 radical (unpaired) electrons. The third-order valence-electron chi connectivity index (χ3n) is 2.58. The zero-order chi connectivity index (χ0) is 21.3. The highest BCUT2D eigenvalue weighted by molar-refractivity contribution is 8.76. The van der Waals surface area contributed by atoms with Gasteiger partial charge in [0.05, 0.1) is 12.8 Å². The maximum atomic E-state index is 11.7. The van der Waals surface area contributed by atoms with Crippen LogP contribution in [0, 0.1) is 0 Å². The molecule has 0 aromatic carbocycles. The molecule has 0 unspecified atom stereocenters. The molecule has 0 aliphatic rings. The van der Waals surface area contributed by atoms with Crippen molar-refractivity contribution in [1.82, 2.24) is 21.3 Å². The van der Waals surface area contributed by atoms with Gasteiger partial charge in [-0.15, -0.1) is 26.3 Å². The maximum Gasteiger partial charge on any atom is 0.247 e. The van der Waals surface area contributed by atoms with Gasteiger partial charge in [0, 0.05) is 38.6 Å². The second-order valence-corrected chi connectivity index (χ2v) is 7.05. The first kappa shape index (κ1) is 30.6. The summed E-state index contributed by atoms with van der Waals surface area (Å²) < 4.78 is 5.48. The molecule has 0 aliphatic carbocycles. The molecule has 0 aliphatic heterocycles. The van der Waals surface area contributed by atoms with Gasteiger partial charge in [-0.25, -0.2) is 0 Å². The lowest BCUT2D eigenvalue weighted by molar-refractivity contribution is -0.128. The average molecular weight is 425 g/mol. The molecule has 8 N–H and O–H groups in total. The molecule has 0 saturated carbocycles. The van der Waals surface area contributed by atoms with Crippen LogP contribution < -0.4 is 32.7 Å². The first-order chi connectivity index (χ1) is 13.1. The summed E-state index contributed by atoms with van der Waals surface area (Å²) in [6.07, 6.45) is 2.17. The number of nitrogens with two attached hydrogens (primary N) is 2. The van der Waals surface area contributed by atoms with Crippen LogP contribution in [0.4, 0.5) is 0 Å². The van der Waals surface area contributed by atoms with Gasteiger partial charge in [-0.1, -0.05) is 21.6 Å². The molecule has 0 saturated heterocycles. The highest BCUT2D eigenvalue weighted by Crippen LogP contribution is 2.16. The van der Waals surface area contributed by atoms with E-state index in [0.717, 1.165) is 5.75 Å². The quantitative estimate of drug-likeness (QED) is 0.0893. The minimum absolute atomic E-state index is 0.0927. The molecular formula is C16H36N6O3S2. The van der Waals surface area contributed by atoms with Crippen LogP contribution in [0.5, 0.6) is 0 Å². The molecule has 0 rings (SSSR count). The van der Waals surface area contributed by atoms with E-state index in [4.69, 9.17) is 16.2 Å². The van der Waals surface area contributed by atoms with E-state index < -0.39 is 0 Å². The summed E-state index contributed by atoms with van der Waals surface area (Å²) in [5, 5.41) is 11.1. The Kier molecular flexibility index (Phi) is 30.8. The van der Waals surface area contributed by atoms with E-state index in [0.29, 0.717) is 32.8 Å². The predicted molar refractivity (Wildman–Crippen MR) is 118 cm³/mol. The second-order valence-electron chi connectivity index (χ2n) is 4.36. The van der Waals surface area contributed by atoms with Gasteiger partial charge < -0.3 is 37.5 Å². The second kappa shape index (κ2) is 27.1. The van der Waals surface area contributed by atoms with Crippen molar-refractivity contribution in [3.8, 4) is 0 Å². The Balaban J connectivity index is -0.00000134. The molecule has 0 aromatic rings. The van der Waals surface area contributed by atoms with Gasteiger partial charge in [0.25, 0.3) is 0 Å². The van der Waals surface area contributed by atoms with Crippen LogP contribution in [0.2, 0.25) is 0 Å². The van der Waals surface area contributed by atoms with Crippen molar-refractivity contribution in [2.24, 2.45) is 11.5 Å². The first-order valence-electron chi connectivity index (χ1n) is 8.26. The highest BCUT2D eigenvalue weighted by atomic mass is 33.1. The van der Waals surface area contributed by atoms with Crippen molar-refractivity contribution < 1.29 is 14.3 Å². The average Bonchev–Trinajstić information content (AvgIpc) is 2.70. The molecule has 11 heteroatoms. The Morgan fingerprint density at radius 1 is 1.00 bits per heavy atom. The normalized spacial score (nSPS) is 9.48. The molecular weight excluding hydrogens is 388 g/mol.